The third kappa shape index (κ3) is 8.11. The minimum atomic E-state index is -3.80. The Morgan fingerprint density at radius 2 is 1.67 bits per heavy atom. The molecule has 0 bridgehead atoms. The monoisotopic (exact) mass is 555 g/mol. The van der Waals surface area contributed by atoms with Crippen LogP contribution in [0.25, 0.3) is 0 Å². The summed E-state index contributed by atoms with van der Waals surface area (Å²) < 4.78 is 26.5. The van der Waals surface area contributed by atoms with Gasteiger partial charge >= 0.3 is 0 Å². The fraction of sp³-hybridized carbons (Fsp3) is 0.462. The molecule has 2 rings (SSSR count). The Morgan fingerprint density at radius 3 is 2.17 bits per heavy atom. The molecule has 2 aromatic rings. The van der Waals surface area contributed by atoms with Gasteiger partial charge in [0.15, 0.2) is 0 Å². The van der Waals surface area contributed by atoms with Gasteiger partial charge in [0.2, 0.25) is 21.8 Å². The van der Waals surface area contributed by atoms with Gasteiger partial charge in [-0.2, -0.15) is 0 Å². The van der Waals surface area contributed by atoms with E-state index in [4.69, 9.17) is 23.2 Å². The Bertz CT molecular complexity index is 1230. The first kappa shape index (κ1) is 29.9. The molecule has 0 aromatic heterocycles. The zero-order valence-corrected chi connectivity index (χ0v) is 24.2. The van der Waals surface area contributed by atoms with E-state index < -0.39 is 34.1 Å². The van der Waals surface area contributed by atoms with Crippen LogP contribution in [0.5, 0.6) is 0 Å². The van der Waals surface area contributed by atoms with E-state index in [1.165, 1.54) is 4.90 Å². The molecule has 1 N–H and O–H groups in total. The first-order valence-electron chi connectivity index (χ1n) is 11.6. The smallest absolute Gasteiger partial charge is 0.244 e. The molecule has 7 nitrogen and oxygen atoms in total. The number of anilines is 1. The average molecular weight is 557 g/mol. The van der Waals surface area contributed by atoms with Crippen LogP contribution in [0.4, 0.5) is 5.69 Å². The minimum Gasteiger partial charge on any atom is -0.350 e. The van der Waals surface area contributed by atoms with Crippen molar-refractivity contribution in [1.82, 2.24) is 10.2 Å². The molecule has 0 radical (unpaired) electrons. The van der Waals surface area contributed by atoms with Crippen molar-refractivity contribution in [2.45, 2.75) is 66.1 Å². The van der Waals surface area contributed by atoms with Gasteiger partial charge in [0.05, 0.1) is 11.9 Å². The van der Waals surface area contributed by atoms with Gasteiger partial charge in [0.25, 0.3) is 0 Å². The summed E-state index contributed by atoms with van der Waals surface area (Å²) in [5, 5.41) is 3.71. The van der Waals surface area contributed by atoms with Crippen LogP contribution in [0.2, 0.25) is 10.0 Å². The minimum absolute atomic E-state index is 0.00936. The van der Waals surface area contributed by atoms with Gasteiger partial charge in [-0.05, 0) is 82.0 Å². The SMILES string of the molecule is CC[C@@H](C(=O)NC(C)(C)C)N(Cc1ccc(Cl)cc1Cl)C(=O)CN(c1ccc(C)c(C)c1)S(C)(=O)=O. The second-order valence-corrected chi connectivity index (χ2v) is 12.7. The maximum absolute atomic E-state index is 13.7. The molecular weight excluding hydrogens is 521 g/mol. The molecule has 0 aliphatic heterocycles. The third-order valence-corrected chi connectivity index (χ3v) is 7.43. The molecule has 0 aliphatic rings. The molecule has 0 saturated carbocycles. The topological polar surface area (TPSA) is 86.8 Å². The van der Waals surface area contributed by atoms with Crippen LogP contribution < -0.4 is 9.62 Å². The largest absolute Gasteiger partial charge is 0.350 e. The lowest BCUT2D eigenvalue weighted by molar-refractivity contribution is -0.141. The van der Waals surface area contributed by atoms with E-state index in [-0.39, 0.29) is 12.5 Å². The number of carbonyl (C=O) groups excluding carboxylic acids is 2. The van der Waals surface area contributed by atoms with Gasteiger partial charge in [-0.3, -0.25) is 13.9 Å². The van der Waals surface area contributed by atoms with E-state index in [2.05, 4.69) is 5.32 Å². The lowest BCUT2D eigenvalue weighted by atomic mass is 10.1. The summed E-state index contributed by atoms with van der Waals surface area (Å²) >= 11 is 12.4. The molecule has 0 heterocycles. The molecule has 2 aromatic carbocycles. The van der Waals surface area contributed by atoms with Gasteiger partial charge < -0.3 is 10.2 Å². The highest BCUT2D eigenvalue weighted by Crippen LogP contribution is 2.26. The fourth-order valence-corrected chi connectivity index (χ4v) is 5.01. The van der Waals surface area contributed by atoms with Crippen molar-refractivity contribution >= 4 is 50.7 Å². The van der Waals surface area contributed by atoms with Crippen molar-refractivity contribution in [3.05, 3.63) is 63.1 Å². The summed E-state index contributed by atoms with van der Waals surface area (Å²) in [4.78, 5) is 28.3. The predicted molar refractivity (Wildman–Crippen MR) is 147 cm³/mol. The van der Waals surface area contributed by atoms with Crippen molar-refractivity contribution in [2.24, 2.45) is 0 Å². The Balaban J connectivity index is 2.52. The van der Waals surface area contributed by atoms with E-state index in [1.807, 2.05) is 40.7 Å². The van der Waals surface area contributed by atoms with Gasteiger partial charge in [0, 0.05) is 22.1 Å². The summed E-state index contributed by atoms with van der Waals surface area (Å²) in [7, 11) is -3.80. The second-order valence-electron chi connectivity index (χ2n) is 9.96. The number of nitrogens with one attached hydrogen (secondary N) is 1. The highest BCUT2D eigenvalue weighted by atomic mass is 35.5. The molecular formula is C26H35Cl2N3O4S. The molecule has 0 aliphatic carbocycles. The lowest BCUT2D eigenvalue weighted by Crippen LogP contribution is -2.55. The van der Waals surface area contributed by atoms with Crippen molar-refractivity contribution < 1.29 is 18.0 Å². The summed E-state index contributed by atoms with van der Waals surface area (Å²) in [6.45, 7) is 10.7. The number of amides is 2. The normalized spacial score (nSPS) is 12.7. The maximum atomic E-state index is 13.7. The molecule has 0 fully saturated rings. The summed E-state index contributed by atoms with van der Waals surface area (Å²) in [6.07, 6.45) is 1.38. The van der Waals surface area contributed by atoms with Gasteiger partial charge in [-0.1, -0.05) is 42.3 Å². The van der Waals surface area contributed by atoms with E-state index in [0.717, 1.165) is 21.7 Å². The summed E-state index contributed by atoms with van der Waals surface area (Å²) in [5.41, 5.74) is 2.35. The summed E-state index contributed by atoms with van der Waals surface area (Å²) in [6, 6.07) is 9.27. The van der Waals surface area contributed by atoms with E-state index in [1.54, 1.807) is 37.3 Å². The second kappa shape index (κ2) is 11.8. The molecule has 198 valence electrons. The standard InChI is InChI=1S/C26H35Cl2N3O4S/c1-8-23(25(33)29-26(4,5)6)30(15-19-10-11-20(27)14-22(19)28)24(32)16-31(36(7,34)35)21-12-9-17(2)18(3)13-21/h9-14,23H,8,15-16H2,1-7H3,(H,29,33)/t23-/m0/s1. The first-order valence-corrected chi connectivity index (χ1v) is 14.2. The number of nitrogens with zero attached hydrogens (tertiary/aromatic N) is 2. The van der Waals surface area contributed by atoms with Gasteiger partial charge in [0.1, 0.15) is 12.6 Å². The van der Waals surface area contributed by atoms with E-state index >= 15 is 0 Å². The lowest BCUT2D eigenvalue weighted by Gasteiger charge is -2.34. The van der Waals surface area contributed by atoms with Crippen LogP contribution in [0, 0.1) is 13.8 Å². The van der Waals surface area contributed by atoms with Gasteiger partial charge in [-0.25, -0.2) is 8.42 Å². The Kier molecular flexibility index (Phi) is 9.84. The first-order chi connectivity index (χ1) is 16.5. The number of sulfonamides is 1. The molecule has 36 heavy (non-hydrogen) atoms. The number of rotatable bonds is 9. The molecule has 0 saturated heterocycles. The molecule has 2 amide bonds. The van der Waals surface area contributed by atoms with Crippen molar-refractivity contribution in [1.29, 1.82) is 0 Å². The number of aryl methyl sites for hydroxylation is 2. The zero-order chi connectivity index (χ0) is 27.4. The molecule has 1 atom stereocenters. The van der Waals surface area contributed by atoms with E-state index in [9.17, 15) is 18.0 Å². The van der Waals surface area contributed by atoms with Crippen LogP contribution >= 0.6 is 23.2 Å². The summed E-state index contributed by atoms with van der Waals surface area (Å²) in [5.74, 6) is -0.860. The molecule has 0 spiro atoms. The van der Waals surface area contributed by atoms with Gasteiger partial charge in [-0.15, -0.1) is 0 Å². The maximum Gasteiger partial charge on any atom is 0.244 e. The number of hydrogen-bond acceptors (Lipinski definition) is 4. The molecule has 10 heteroatoms. The Hall–Kier alpha value is -2.29. The number of benzene rings is 2. The number of hydrogen-bond donors (Lipinski definition) is 1. The van der Waals surface area contributed by atoms with Crippen molar-refractivity contribution in [3.8, 4) is 0 Å². The van der Waals surface area contributed by atoms with E-state index in [0.29, 0.717) is 27.7 Å². The Labute approximate surface area is 224 Å². The zero-order valence-electron chi connectivity index (χ0n) is 21.9. The van der Waals surface area contributed by atoms with Crippen LogP contribution in [0.3, 0.4) is 0 Å². The van der Waals surface area contributed by atoms with Crippen molar-refractivity contribution in [3.63, 3.8) is 0 Å². The Morgan fingerprint density at radius 1 is 1.03 bits per heavy atom. The quantitative estimate of drug-likeness (QED) is 0.466. The van der Waals surface area contributed by atoms with Crippen molar-refractivity contribution in [2.75, 3.05) is 17.1 Å². The third-order valence-electron chi connectivity index (χ3n) is 5.70. The van der Waals surface area contributed by atoms with Crippen LogP contribution in [-0.4, -0.2) is 49.5 Å². The average Bonchev–Trinajstić information content (AvgIpc) is 2.73. The highest BCUT2D eigenvalue weighted by molar-refractivity contribution is 7.92. The highest BCUT2D eigenvalue weighted by Gasteiger charge is 2.33. The van der Waals surface area contributed by atoms with Crippen LogP contribution in [-0.2, 0) is 26.2 Å². The van der Waals surface area contributed by atoms with Crippen LogP contribution in [0.15, 0.2) is 36.4 Å². The predicted octanol–water partition coefficient (Wildman–Crippen LogP) is 5.10. The fourth-order valence-electron chi connectivity index (χ4n) is 3.70. The molecule has 0 unspecified atom stereocenters. The number of halogens is 2. The number of carbonyl (C=O) groups is 2. The van der Waals surface area contributed by atoms with Crippen LogP contribution in [0.1, 0.15) is 50.8 Å².